The number of likely N-dealkylation sites (tertiary alicyclic amines) is 2. The fourth-order valence-corrected chi connectivity index (χ4v) is 4.22. The van der Waals surface area contributed by atoms with Gasteiger partial charge in [-0.25, -0.2) is 0 Å². The number of benzene rings is 1. The molecule has 2 fully saturated rings. The minimum atomic E-state index is -0.156. The Labute approximate surface area is 171 Å². The summed E-state index contributed by atoms with van der Waals surface area (Å²) in [7, 11) is 0. The first-order valence-corrected chi connectivity index (χ1v) is 11.3. The van der Waals surface area contributed by atoms with E-state index < -0.39 is 0 Å². The molecule has 0 radical (unpaired) electrons. The summed E-state index contributed by atoms with van der Waals surface area (Å²) in [6.45, 7) is 3.13. The second-order valence-electron chi connectivity index (χ2n) is 7.48. The molecule has 1 N–H and O–H groups in total. The van der Waals surface area contributed by atoms with Gasteiger partial charge in [0.1, 0.15) is 0 Å². The van der Waals surface area contributed by atoms with Gasteiger partial charge in [0, 0.05) is 50.5 Å². The number of nitrogens with zero attached hydrogens (tertiary/aromatic N) is 2. The first-order chi connectivity index (χ1) is 13.6. The van der Waals surface area contributed by atoms with Crippen LogP contribution in [0.25, 0.3) is 0 Å². The summed E-state index contributed by atoms with van der Waals surface area (Å²) in [5.41, 5.74) is 1.07. The van der Waals surface area contributed by atoms with Crippen molar-refractivity contribution in [2.24, 2.45) is 5.92 Å². The van der Waals surface area contributed by atoms with Crippen LogP contribution in [0.15, 0.2) is 29.2 Å². The Hall–Kier alpha value is -2.02. The third kappa shape index (κ3) is 5.50. The van der Waals surface area contributed by atoms with Crippen molar-refractivity contribution in [3.05, 3.63) is 29.8 Å². The number of rotatable bonds is 8. The SMILES string of the molecule is CSc1ccc(CNC(=O)C2CCC(=O)N(CCCN3CCCC3=O)C2)cc1. The van der Waals surface area contributed by atoms with Gasteiger partial charge in [-0.3, -0.25) is 14.4 Å². The Kier molecular flexibility index (Phi) is 7.36. The summed E-state index contributed by atoms with van der Waals surface area (Å²) in [5.74, 6) is 0.190. The standard InChI is InChI=1S/C21H29N3O3S/c1-28-18-8-5-16(6-9-18)14-22-21(27)17-7-10-20(26)24(15-17)13-3-12-23-11-2-4-19(23)25/h5-6,8-9,17H,2-4,7,10-15H2,1H3,(H,22,27). The van der Waals surface area contributed by atoms with E-state index in [0.29, 0.717) is 45.4 Å². The second-order valence-corrected chi connectivity index (χ2v) is 8.36. The molecule has 1 aromatic rings. The molecule has 1 aromatic carbocycles. The number of thioether (sulfide) groups is 1. The summed E-state index contributed by atoms with van der Waals surface area (Å²) in [6, 6.07) is 8.17. The van der Waals surface area contributed by atoms with E-state index >= 15 is 0 Å². The zero-order valence-electron chi connectivity index (χ0n) is 16.5. The summed E-state index contributed by atoms with van der Waals surface area (Å²) >= 11 is 1.69. The highest BCUT2D eigenvalue weighted by atomic mass is 32.2. The maximum absolute atomic E-state index is 12.6. The van der Waals surface area contributed by atoms with E-state index in [1.54, 1.807) is 16.7 Å². The Bertz CT molecular complexity index is 707. The molecule has 3 rings (SSSR count). The molecule has 0 bridgehead atoms. The van der Waals surface area contributed by atoms with E-state index in [0.717, 1.165) is 24.9 Å². The lowest BCUT2D eigenvalue weighted by Gasteiger charge is -2.32. The molecule has 1 unspecified atom stereocenters. The number of hydrogen-bond acceptors (Lipinski definition) is 4. The molecule has 6 nitrogen and oxygen atoms in total. The molecule has 7 heteroatoms. The highest BCUT2D eigenvalue weighted by Gasteiger charge is 2.30. The largest absolute Gasteiger partial charge is 0.352 e. The van der Waals surface area contributed by atoms with Crippen molar-refractivity contribution >= 4 is 29.5 Å². The monoisotopic (exact) mass is 403 g/mol. The van der Waals surface area contributed by atoms with Gasteiger partial charge >= 0.3 is 0 Å². The van der Waals surface area contributed by atoms with E-state index in [2.05, 4.69) is 17.4 Å². The van der Waals surface area contributed by atoms with Crippen LogP contribution in [0.4, 0.5) is 0 Å². The zero-order chi connectivity index (χ0) is 19.9. The van der Waals surface area contributed by atoms with Crippen molar-refractivity contribution in [1.29, 1.82) is 0 Å². The molecule has 3 amide bonds. The van der Waals surface area contributed by atoms with Gasteiger partial charge in [0.25, 0.3) is 0 Å². The molecule has 2 heterocycles. The highest BCUT2D eigenvalue weighted by Crippen LogP contribution is 2.19. The number of nitrogens with one attached hydrogen (secondary N) is 1. The molecule has 2 saturated heterocycles. The molecule has 28 heavy (non-hydrogen) atoms. The van der Waals surface area contributed by atoms with Crippen LogP contribution in [0.2, 0.25) is 0 Å². The Morgan fingerprint density at radius 1 is 1.11 bits per heavy atom. The number of hydrogen-bond donors (Lipinski definition) is 1. The molecule has 0 saturated carbocycles. The third-order valence-electron chi connectivity index (χ3n) is 5.52. The lowest BCUT2D eigenvalue weighted by Crippen LogP contribution is -2.46. The average molecular weight is 404 g/mol. The number of carbonyl (C=O) groups excluding carboxylic acids is 3. The van der Waals surface area contributed by atoms with Crippen LogP contribution in [-0.2, 0) is 20.9 Å². The second kappa shape index (κ2) is 9.96. The molecule has 0 spiro atoms. The van der Waals surface area contributed by atoms with Crippen molar-refractivity contribution in [3.8, 4) is 0 Å². The first kappa shape index (κ1) is 20.7. The van der Waals surface area contributed by atoms with Crippen LogP contribution in [0, 0.1) is 5.92 Å². The third-order valence-corrected chi connectivity index (χ3v) is 6.27. The molecule has 0 aliphatic carbocycles. The van der Waals surface area contributed by atoms with Gasteiger partial charge in [0.2, 0.25) is 17.7 Å². The molecule has 2 aliphatic rings. The smallest absolute Gasteiger partial charge is 0.225 e. The fourth-order valence-electron chi connectivity index (χ4n) is 3.81. The van der Waals surface area contributed by atoms with E-state index in [1.165, 1.54) is 4.90 Å². The number of carbonyl (C=O) groups is 3. The maximum Gasteiger partial charge on any atom is 0.225 e. The van der Waals surface area contributed by atoms with Gasteiger partial charge in [-0.2, -0.15) is 0 Å². The van der Waals surface area contributed by atoms with Gasteiger partial charge in [-0.1, -0.05) is 12.1 Å². The zero-order valence-corrected chi connectivity index (χ0v) is 17.3. The Balaban J connectivity index is 1.43. The van der Waals surface area contributed by atoms with E-state index in [1.807, 2.05) is 23.3 Å². The minimum absolute atomic E-state index is 0.0150. The Morgan fingerprint density at radius 2 is 1.82 bits per heavy atom. The predicted octanol–water partition coefficient (Wildman–Crippen LogP) is 2.28. The summed E-state index contributed by atoms with van der Waals surface area (Å²) in [5, 5.41) is 3.01. The van der Waals surface area contributed by atoms with E-state index in [-0.39, 0.29) is 23.6 Å². The van der Waals surface area contributed by atoms with Gasteiger partial charge in [0.05, 0.1) is 5.92 Å². The van der Waals surface area contributed by atoms with Crippen molar-refractivity contribution in [2.45, 2.75) is 43.5 Å². The van der Waals surface area contributed by atoms with Gasteiger partial charge in [-0.05, 0) is 43.2 Å². The van der Waals surface area contributed by atoms with Crippen LogP contribution in [0.3, 0.4) is 0 Å². The van der Waals surface area contributed by atoms with E-state index in [9.17, 15) is 14.4 Å². The summed E-state index contributed by atoms with van der Waals surface area (Å²) in [6.07, 6.45) is 5.42. The van der Waals surface area contributed by atoms with Gasteiger partial charge in [0.15, 0.2) is 0 Å². The van der Waals surface area contributed by atoms with Crippen LogP contribution in [-0.4, -0.2) is 60.0 Å². The molecular weight excluding hydrogens is 374 g/mol. The molecule has 1 atom stereocenters. The van der Waals surface area contributed by atoms with Crippen LogP contribution in [0.5, 0.6) is 0 Å². The number of piperidine rings is 1. The van der Waals surface area contributed by atoms with Crippen molar-refractivity contribution in [3.63, 3.8) is 0 Å². The van der Waals surface area contributed by atoms with Crippen LogP contribution in [0.1, 0.15) is 37.7 Å². The normalized spacial score (nSPS) is 20.0. The molecule has 2 aliphatic heterocycles. The van der Waals surface area contributed by atoms with Crippen molar-refractivity contribution in [2.75, 3.05) is 32.4 Å². The topological polar surface area (TPSA) is 69.7 Å². The van der Waals surface area contributed by atoms with Gasteiger partial charge < -0.3 is 15.1 Å². The van der Waals surface area contributed by atoms with Gasteiger partial charge in [-0.15, -0.1) is 11.8 Å². The lowest BCUT2D eigenvalue weighted by atomic mass is 9.96. The summed E-state index contributed by atoms with van der Waals surface area (Å²) in [4.78, 5) is 41.3. The quantitative estimate of drug-likeness (QED) is 0.676. The maximum atomic E-state index is 12.6. The molecular formula is C21H29N3O3S. The molecule has 0 aromatic heterocycles. The minimum Gasteiger partial charge on any atom is -0.352 e. The summed E-state index contributed by atoms with van der Waals surface area (Å²) < 4.78 is 0. The highest BCUT2D eigenvalue weighted by molar-refractivity contribution is 7.98. The van der Waals surface area contributed by atoms with Crippen LogP contribution < -0.4 is 5.32 Å². The Morgan fingerprint density at radius 3 is 2.50 bits per heavy atom. The lowest BCUT2D eigenvalue weighted by molar-refractivity contribution is -0.138. The van der Waals surface area contributed by atoms with E-state index in [4.69, 9.17) is 0 Å². The average Bonchev–Trinajstić information content (AvgIpc) is 3.12. The first-order valence-electron chi connectivity index (χ1n) is 10.0. The van der Waals surface area contributed by atoms with Crippen molar-refractivity contribution in [1.82, 2.24) is 15.1 Å². The number of amides is 3. The molecule has 152 valence electrons. The van der Waals surface area contributed by atoms with Crippen molar-refractivity contribution < 1.29 is 14.4 Å². The fraction of sp³-hybridized carbons (Fsp3) is 0.571. The van der Waals surface area contributed by atoms with Crippen LogP contribution >= 0.6 is 11.8 Å². The predicted molar refractivity (Wildman–Crippen MR) is 110 cm³/mol.